The fourth-order valence-electron chi connectivity index (χ4n) is 0.748. The van der Waals surface area contributed by atoms with Gasteiger partial charge in [-0.25, -0.2) is 0 Å². The minimum atomic E-state index is 0.482. The lowest BCUT2D eigenvalue weighted by Gasteiger charge is -2.13. The minimum absolute atomic E-state index is 0.482. The summed E-state index contributed by atoms with van der Waals surface area (Å²) in [5, 5.41) is 9.56. The third-order valence-corrected chi connectivity index (χ3v) is 2.01. The summed E-state index contributed by atoms with van der Waals surface area (Å²) >= 11 is 4.20. The van der Waals surface area contributed by atoms with Gasteiger partial charge in [0.25, 0.3) is 0 Å². The fourth-order valence-corrected chi connectivity index (χ4v) is 1.06. The van der Waals surface area contributed by atoms with E-state index in [1.54, 1.807) is 0 Å². The number of nitrogens with one attached hydrogen (secondary N) is 3. The highest BCUT2D eigenvalue weighted by Crippen LogP contribution is 1.83. The highest BCUT2D eigenvalue weighted by molar-refractivity contribution is 7.80. The normalized spacial score (nSPS) is 13.4. The second kappa shape index (κ2) is 8.33. The second-order valence-corrected chi connectivity index (χ2v) is 2.84. The van der Waals surface area contributed by atoms with Crippen molar-refractivity contribution in [3.05, 3.63) is 0 Å². The topological polar surface area (TPSA) is 36.1 Å². The number of rotatable bonds is 7. The predicted octanol–water partition coefficient (Wildman–Crippen LogP) is -0.687. The molecule has 3 nitrogen and oxygen atoms in total. The summed E-state index contributed by atoms with van der Waals surface area (Å²) in [5.74, 6) is 0.878. The van der Waals surface area contributed by atoms with Crippen LogP contribution in [0.5, 0.6) is 0 Å². The van der Waals surface area contributed by atoms with Crippen molar-refractivity contribution in [1.82, 2.24) is 16.0 Å². The summed E-state index contributed by atoms with van der Waals surface area (Å²) < 4.78 is 0. The third kappa shape index (κ3) is 6.62. The standard InChI is InChI=1S/C7H19N3S/c1-8-3-4-10-5-7(6-11)9-2/h7-11H,3-6H2,1-2H3. The van der Waals surface area contributed by atoms with E-state index in [0.717, 1.165) is 25.4 Å². The Morgan fingerprint density at radius 2 is 2.00 bits per heavy atom. The lowest BCUT2D eigenvalue weighted by atomic mass is 10.3. The van der Waals surface area contributed by atoms with Crippen LogP contribution in [0.3, 0.4) is 0 Å². The van der Waals surface area contributed by atoms with Crippen LogP contribution >= 0.6 is 12.6 Å². The van der Waals surface area contributed by atoms with Gasteiger partial charge >= 0.3 is 0 Å². The Kier molecular flexibility index (Phi) is 8.50. The van der Waals surface area contributed by atoms with E-state index in [1.165, 1.54) is 0 Å². The van der Waals surface area contributed by atoms with Crippen LogP contribution in [0.15, 0.2) is 0 Å². The Hall–Kier alpha value is 0.230. The molecule has 0 fully saturated rings. The SMILES string of the molecule is CNCCNCC(CS)NC. The molecule has 1 unspecified atom stereocenters. The van der Waals surface area contributed by atoms with Crippen LogP contribution in [0.25, 0.3) is 0 Å². The maximum Gasteiger partial charge on any atom is 0.0277 e. The molecule has 0 bridgehead atoms. The summed E-state index contributed by atoms with van der Waals surface area (Å²) in [7, 11) is 3.91. The largest absolute Gasteiger partial charge is 0.318 e. The van der Waals surface area contributed by atoms with Crippen molar-refractivity contribution in [2.24, 2.45) is 0 Å². The molecule has 0 spiro atoms. The van der Waals surface area contributed by atoms with E-state index in [9.17, 15) is 0 Å². The first kappa shape index (κ1) is 11.2. The Morgan fingerprint density at radius 3 is 2.45 bits per heavy atom. The summed E-state index contributed by atoms with van der Waals surface area (Å²) in [6, 6.07) is 0.482. The van der Waals surface area contributed by atoms with Crippen LogP contribution in [0.4, 0.5) is 0 Å². The van der Waals surface area contributed by atoms with E-state index < -0.39 is 0 Å². The monoisotopic (exact) mass is 177 g/mol. The summed E-state index contributed by atoms with van der Waals surface area (Å²) in [4.78, 5) is 0. The van der Waals surface area contributed by atoms with E-state index >= 15 is 0 Å². The second-order valence-electron chi connectivity index (χ2n) is 2.48. The van der Waals surface area contributed by atoms with Gasteiger partial charge in [0.05, 0.1) is 0 Å². The minimum Gasteiger partial charge on any atom is -0.318 e. The van der Waals surface area contributed by atoms with Crippen molar-refractivity contribution in [2.45, 2.75) is 6.04 Å². The van der Waals surface area contributed by atoms with Crippen LogP contribution in [-0.4, -0.2) is 45.5 Å². The molecule has 0 aromatic heterocycles. The van der Waals surface area contributed by atoms with E-state index in [-0.39, 0.29) is 0 Å². The Morgan fingerprint density at radius 1 is 1.27 bits per heavy atom. The zero-order chi connectivity index (χ0) is 8.53. The van der Waals surface area contributed by atoms with Gasteiger partial charge in [0.15, 0.2) is 0 Å². The van der Waals surface area contributed by atoms with E-state index in [0.29, 0.717) is 6.04 Å². The first-order valence-corrected chi connectivity index (χ1v) is 4.61. The van der Waals surface area contributed by atoms with Crippen molar-refractivity contribution in [1.29, 1.82) is 0 Å². The first-order valence-electron chi connectivity index (χ1n) is 3.98. The van der Waals surface area contributed by atoms with Gasteiger partial charge < -0.3 is 16.0 Å². The molecule has 0 saturated heterocycles. The predicted molar refractivity (Wildman–Crippen MR) is 53.5 cm³/mol. The smallest absolute Gasteiger partial charge is 0.0277 e. The molecule has 68 valence electrons. The fraction of sp³-hybridized carbons (Fsp3) is 1.00. The molecule has 0 aliphatic carbocycles. The van der Waals surface area contributed by atoms with Gasteiger partial charge in [0, 0.05) is 31.4 Å². The van der Waals surface area contributed by atoms with Crippen LogP contribution in [0, 0.1) is 0 Å². The van der Waals surface area contributed by atoms with Crippen LogP contribution in [0.2, 0.25) is 0 Å². The Labute approximate surface area is 74.7 Å². The molecule has 0 amide bonds. The van der Waals surface area contributed by atoms with Gasteiger partial charge in [-0.2, -0.15) is 12.6 Å². The lowest BCUT2D eigenvalue weighted by Crippen LogP contribution is -2.39. The van der Waals surface area contributed by atoms with Gasteiger partial charge in [-0.15, -0.1) is 0 Å². The number of hydrogen-bond acceptors (Lipinski definition) is 4. The molecule has 0 heterocycles. The molecule has 11 heavy (non-hydrogen) atoms. The average molecular weight is 177 g/mol. The molecule has 0 radical (unpaired) electrons. The summed E-state index contributed by atoms with van der Waals surface area (Å²) in [6.07, 6.45) is 0. The molecule has 0 rings (SSSR count). The zero-order valence-electron chi connectivity index (χ0n) is 7.35. The van der Waals surface area contributed by atoms with Crippen molar-refractivity contribution < 1.29 is 0 Å². The molecule has 3 N–H and O–H groups in total. The van der Waals surface area contributed by atoms with Crippen molar-refractivity contribution in [3.8, 4) is 0 Å². The molecular weight excluding hydrogens is 158 g/mol. The summed E-state index contributed by atoms with van der Waals surface area (Å²) in [5.41, 5.74) is 0. The third-order valence-electron chi connectivity index (χ3n) is 1.57. The Bertz CT molecular complexity index is 76.1. The zero-order valence-corrected chi connectivity index (χ0v) is 8.25. The average Bonchev–Trinajstić information content (AvgIpc) is 2.05. The van der Waals surface area contributed by atoms with Gasteiger partial charge in [-0.05, 0) is 14.1 Å². The van der Waals surface area contributed by atoms with Crippen LogP contribution < -0.4 is 16.0 Å². The van der Waals surface area contributed by atoms with Crippen molar-refractivity contribution in [2.75, 3.05) is 39.5 Å². The number of likely N-dealkylation sites (N-methyl/N-ethyl adjacent to an activating group) is 2. The molecule has 0 aromatic rings. The lowest BCUT2D eigenvalue weighted by molar-refractivity contribution is 0.542. The first-order chi connectivity index (χ1) is 5.35. The van der Waals surface area contributed by atoms with Gasteiger partial charge in [-0.1, -0.05) is 0 Å². The molecule has 4 heteroatoms. The van der Waals surface area contributed by atoms with Crippen molar-refractivity contribution in [3.63, 3.8) is 0 Å². The van der Waals surface area contributed by atoms with Gasteiger partial charge in [0.1, 0.15) is 0 Å². The van der Waals surface area contributed by atoms with Crippen LogP contribution in [0.1, 0.15) is 0 Å². The maximum atomic E-state index is 4.20. The van der Waals surface area contributed by atoms with Gasteiger partial charge in [0.2, 0.25) is 0 Å². The van der Waals surface area contributed by atoms with E-state index in [1.807, 2.05) is 14.1 Å². The molecule has 0 saturated carbocycles. The van der Waals surface area contributed by atoms with E-state index in [2.05, 4.69) is 28.6 Å². The van der Waals surface area contributed by atoms with Crippen molar-refractivity contribution >= 4 is 12.6 Å². The van der Waals surface area contributed by atoms with Gasteiger partial charge in [-0.3, -0.25) is 0 Å². The highest BCUT2D eigenvalue weighted by Gasteiger charge is 2.00. The molecule has 0 aliphatic heterocycles. The van der Waals surface area contributed by atoms with Crippen LogP contribution in [-0.2, 0) is 0 Å². The number of thiol groups is 1. The summed E-state index contributed by atoms with van der Waals surface area (Å²) in [6.45, 7) is 3.02. The molecular formula is C7H19N3S. The number of hydrogen-bond donors (Lipinski definition) is 4. The highest BCUT2D eigenvalue weighted by atomic mass is 32.1. The quantitative estimate of drug-likeness (QED) is 0.307. The molecule has 0 aliphatic rings. The van der Waals surface area contributed by atoms with E-state index in [4.69, 9.17) is 0 Å². The Balaban J connectivity index is 3.07. The maximum absolute atomic E-state index is 4.20. The molecule has 1 atom stereocenters. The molecule has 0 aromatic carbocycles.